The van der Waals surface area contributed by atoms with Crippen LogP contribution < -0.4 is 10.1 Å². The third-order valence-electron chi connectivity index (χ3n) is 3.85. The molecule has 7 heteroatoms. The molecule has 2 aromatic carbocycles. The summed E-state index contributed by atoms with van der Waals surface area (Å²) < 4.78 is 7.22. The van der Waals surface area contributed by atoms with Gasteiger partial charge in [0.2, 0.25) is 5.91 Å². The van der Waals surface area contributed by atoms with Crippen LogP contribution in [0, 0.1) is 0 Å². The van der Waals surface area contributed by atoms with Gasteiger partial charge in [0.15, 0.2) is 0 Å². The fourth-order valence-electron chi connectivity index (χ4n) is 2.47. The average molecular weight is 371 g/mol. The lowest BCUT2D eigenvalue weighted by molar-refractivity contribution is -0.122. The number of carbonyl (C=O) groups excluding carboxylic acids is 1. The molecule has 3 aromatic rings. The zero-order valence-electron chi connectivity index (χ0n) is 14.3. The number of benzene rings is 2. The number of halogens is 1. The lowest BCUT2D eigenvalue weighted by Crippen LogP contribution is -2.27. The van der Waals surface area contributed by atoms with Crippen molar-refractivity contribution in [3.05, 3.63) is 71.8 Å². The van der Waals surface area contributed by atoms with E-state index in [2.05, 4.69) is 15.4 Å². The standard InChI is InChI=1S/C19H19ClN4O2/c1-14(15-5-7-17(8-6-15)24-13-21-12-22-24)23-19(25)9-10-26-18-4-2-3-16(20)11-18/h2-8,11-14H,9-10H2,1H3,(H,23,25). The summed E-state index contributed by atoms with van der Waals surface area (Å²) in [6, 6.07) is 14.8. The second-order valence-corrected chi connectivity index (χ2v) is 6.21. The van der Waals surface area contributed by atoms with Crippen molar-refractivity contribution in [3.63, 3.8) is 0 Å². The predicted octanol–water partition coefficient (Wildman–Crippen LogP) is 3.57. The van der Waals surface area contributed by atoms with E-state index in [4.69, 9.17) is 16.3 Å². The minimum atomic E-state index is -0.0986. The number of nitrogens with one attached hydrogen (secondary N) is 1. The van der Waals surface area contributed by atoms with Crippen LogP contribution in [0.3, 0.4) is 0 Å². The van der Waals surface area contributed by atoms with E-state index in [-0.39, 0.29) is 18.4 Å². The Labute approximate surface area is 156 Å². The fourth-order valence-corrected chi connectivity index (χ4v) is 2.65. The van der Waals surface area contributed by atoms with Crippen LogP contribution in [0.5, 0.6) is 5.75 Å². The van der Waals surface area contributed by atoms with E-state index >= 15 is 0 Å². The fraction of sp³-hybridized carbons (Fsp3) is 0.211. The number of nitrogens with zero attached hydrogens (tertiary/aromatic N) is 3. The van der Waals surface area contributed by atoms with Crippen molar-refractivity contribution in [1.29, 1.82) is 0 Å². The quantitative estimate of drug-likeness (QED) is 0.690. The molecule has 1 N–H and O–H groups in total. The summed E-state index contributed by atoms with van der Waals surface area (Å²) in [7, 11) is 0. The Morgan fingerprint density at radius 2 is 2.08 bits per heavy atom. The molecule has 0 fully saturated rings. The molecule has 0 aliphatic heterocycles. The Morgan fingerprint density at radius 3 is 2.77 bits per heavy atom. The number of rotatable bonds is 7. The minimum absolute atomic E-state index is 0.0696. The van der Waals surface area contributed by atoms with E-state index < -0.39 is 0 Å². The molecule has 0 bridgehead atoms. The van der Waals surface area contributed by atoms with Gasteiger partial charge < -0.3 is 10.1 Å². The van der Waals surface area contributed by atoms with Crippen molar-refractivity contribution >= 4 is 17.5 Å². The van der Waals surface area contributed by atoms with Crippen LogP contribution in [-0.4, -0.2) is 27.3 Å². The first kappa shape index (κ1) is 17.9. The lowest BCUT2D eigenvalue weighted by Gasteiger charge is -2.15. The molecular weight excluding hydrogens is 352 g/mol. The number of aromatic nitrogens is 3. The summed E-state index contributed by atoms with van der Waals surface area (Å²) in [5.74, 6) is 0.585. The van der Waals surface area contributed by atoms with Gasteiger partial charge in [0.25, 0.3) is 0 Å². The molecule has 1 amide bonds. The molecule has 1 aromatic heterocycles. The molecule has 3 rings (SSSR count). The summed E-state index contributed by atoms with van der Waals surface area (Å²) >= 11 is 5.90. The number of ether oxygens (including phenoxy) is 1. The molecule has 1 unspecified atom stereocenters. The molecule has 134 valence electrons. The zero-order chi connectivity index (χ0) is 18.4. The van der Waals surface area contributed by atoms with Gasteiger partial charge in [-0.3, -0.25) is 4.79 Å². The summed E-state index contributed by atoms with van der Waals surface area (Å²) in [6.07, 6.45) is 3.40. The zero-order valence-corrected chi connectivity index (χ0v) is 15.1. The van der Waals surface area contributed by atoms with Gasteiger partial charge in [0.05, 0.1) is 24.8 Å². The second kappa shape index (κ2) is 8.49. The number of amides is 1. The maximum absolute atomic E-state index is 12.1. The first-order valence-corrected chi connectivity index (χ1v) is 8.62. The van der Waals surface area contributed by atoms with E-state index in [1.165, 1.54) is 6.33 Å². The van der Waals surface area contributed by atoms with Gasteiger partial charge in [-0.15, -0.1) is 0 Å². The molecule has 6 nitrogen and oxygen atoms in total. The molecule has 1 heterocycles. The summed E-state index contributed by atoms with van der Waals surface area (Å²) in [4.78, 5) is 16.0. The monoisotopic (exact) mass is 370 g/mol. The Balaban J connectivity index is 1.47. The highest BCUT2D eigenvalue weighted by molar-refractivity contribution is 6.30. The Bertz CT molecular complexity index is 850. The third-order valence-corrected chi connectivity index (χ3v) is 4.08. The molecule has 0 saturated heterocycles. The molecule has 0 radical (unpaired) electrons. The Kier molecular flexibility index (Phi) is 5.86. The minimum Gasteiger partial charge on any atom is -0.493 e. The predicted molar refractivity (Wildman–Crippen MR) is 99.5 cm³/mol. The van der Waals surface area contributed by atoms with Gasteiger partial charge in [-0.05, 0) is 42.8 Å². The normalized spacial score (nSPS) is 11.8. The van der Waals surface area contributed by atoms with Gasteiger partial charge >= 0.3 is 0 Å². The van der Waals surface area contributed by atoms with E-state index in [9.17, 15) is 4.79 Å². The first-order chi connectivity index (χ1) is 12.6. The van der Waals surface area contributed by atoms with Gasteiger partial charge in [-0.25, -0.2) is 9.67 Å². The van der Waals surface area contributed by atoms with Gasteiger partial charge in [-0.2, -0.15) is 5.10 Å². The van der Waals surface area contributed by atoms with E-state index in [1.807, 2.05) is 43.3 Å². The van der Waals surface area contributed by atoms with Crippen LogP contribution in [0.4, 0.5) is 0 Å². The van der Waals surface area contributed by atoms with Crippen molar-refractivity contribution in [1.82, 2.24) is 20.1 Å². The van der Waals surface area contributed by atoms with Crippen LogP contribution in [0.15, 0.2) is 61.2 Å². The largest absolute Gasteiger partial charge is 0.493 e. The van der Waals surface area contributed by atoms with Crippen molar-refractivity contribution in [3.8, 4) is 11.4 Å². The number of carbonyl (C=O) groups is 1. The lowest BCUT2D eigenvalue weighted by atomic mass is 10.1. The summed E-state index contributed by atoms with van der Waals surface area (Å²) in [6.45, 7) is 2.24. The topological polar surface area (TPSA) is 69.0 Å². The highest BCUT2D eigenvalue weighted by Crippen LogP contribution is 2.18. The molecule has 0 aliphatic rings. The number of hydrogen-bond donors (Lipinski definition) is 1. The molecule has 0 spiro atoms. The Hall–Kier alpha value is -2.86. The SMILES string of the molecule is CC(NC(=O)CCOc1cccc(Cl)c1)c1ccc(-n2cncn2)cc1. The van der Waals surface area contributed by atoms with Gasteiger partial charge in [-0.1, -0.05) is 29.8 Å². The van der Waals surface area contributed by atoms with Crippen LogP contribution >= 0.6 is 11.6 Å². The smallest absolute Gasteiger partial charge is 0.223 e. The molecule has 0 aliphatic carbocycles. The maximum atomic E-state index is 12.1. The Morgan fingerprint density at radius 1 is 1.27 bits per heavy atom. The van der Waals surface area contributed by atoms with Crippen molar-refractivity contribution in [2.45, 2.75) is 19.4 Å². The molecule has 0 saturated carbocycles. The van der Waals surface area contributed by atoms with E-state index in [1.54, 1.807) is 23.1 Å². The van der Waals surface area contributed by atoms with Crippen molar-refractivity contribution < 1.29 is 9.53 Å². The van der Waals surface area contributed by atoms with Crippen LogP contribution in [-0.2, 0) is 4.79 Å². The summed E-state index contributed by atoms with van der Waals surface area (Å²) in [5, 5.41) is 7.66. The molecular formula is C19H19ClN4O2. The third kappa shape index (κ3) is 4.83. The van der Waals surface area contributed by atoms with Crippen LogP contribution in [0.25, 0.3) is 5.69 Å². The highest BCUT2D eigenvalue weighted by Gasteiger charge is 2.10. The van der Waals surface area contributed by atoms with Gasteiger partial charge in [0.1, 0.15) is 18.4 Å². The van der Waals surface area contributed by atoms with Crippen LogP contribution in [0.2, 0.25) is 5.02 Å². The highest BCUT2D eigenvalue weighted by atomic mass is 35.5. The molecule has 1 atom stereocenters. The average Bonchev–Trinajstić information content (AvgIpc) is 3.16. The van der Waals surface area contributed by atoms with Crippen LogP contribution in [0.1, 0.15) is 24.9 Å². The van der Waals surface area contributed by atoms with Crippen molar-refractivity contribution in [2.24, 2.45) is 0 Å². The summed E-state index contributed by atoms with van der Waals surface area (Å²) in [5.41, 5.74) is 1.93. The first-order valence-electron chi connectivity index (χ1n) is 8.24. The number of hydrogen-bond acceptors (Lipinski definition) is 4. The van der Waals surface area contributed by atoms with E-state index in [0.29, 0.717) is 17.4 Å². The van der Waals surface area contributed by atoms with Crippen molar-refractivity contribution in [2.75, 3.05) is 6.61 Å². The maximum Gasteiger partial charge on any atom is 0.223 e. The second-order valence-electron chi connectivity index (χ2n) is 5.78. The molecule has 26 heavy (non-hydrogen) atoms. The van der Waals surface area contributed by atoms with E-state index in [0.717, 1.165) is 11.3 Å². The van der Waals surface area contributed by atoms with Gasteiger partial charge in [0, 0.05) is 5.02 Å².